The van der Waals surface area contributed by atoms with Crippen LogP contribution in [0.2, 0.25) is 0 Å². The van der Waals surface area contributed by atoms with Crippen LogP contribution >= 0.6 is 0 Å². The highest BCUT2D eigenvalue weighted by Gasteiger charge is 2.40. The summed E-state index contributed by atoms with van der Waals surface area (Å²) in [7, 11) is 1.97. The summed E-state index contributed by atoms with van der Waals surface area (Å²) >= 11 is 0. The Hall–Kier alpha value is -2.21. The fourth-order valence-electron chi connectivity index (χ4n) is 4.70. The first kappa shape index (κ1) is 19.1. The van der Waals surface area contributed by atoms with E-state index < -0.39 is 0 Å². The van der Waals surface area contributed by atoms with Gasteiger partial charge in [0.05, 0.1) is 6.54 Å². The zero-order valence-electron chi connectivity index (χ0n) is 17.1. The molecule has 0 N–H and O–H groups in total. The number of hydrogen-bond donors (Lipinski definition) is 0. The lowest BCUT2D eigenvalue weighted by Gasteiger charge is -2.47. The summed E-state index contributed by atoms with van der Waals surface area (Å²) in [6.07, 6.45) is 5.03. The highest BCUT2D eigenvalue weighted by atomic mass is 16.2. The third-order valence-corrected chi connectivity index (χ3v) is 6.50. The Bertz CT molecular complexity index is 808. The van der Waals surface area contributed by atoms with Crippen LogP contribution in [0.15, 0.2) is 30.3 Å². The minimum Gasteiger partial charge on any atom is -0.342 e. The topological polar surface area (TPSA) is 54.3 Å². The molecule has 0 saturated carbocycles. The van der Waals surface area contributed by atoms with Gasteiger partial charge in [0, 0.05) is 26.6 Å². The minimum absolute atomic E-state index is 0.302. The third kappa shape index (κ3) is 4.27. The van der Waals surface area contributed by atoms with Crippen molar-refractivity contribution in [2.45, 2.75) is 45.6 Å². The van der Waals surface area contributed by atoms with Gasteiger partial charge in [-0.05, 0) is 56.7 Å². The fourth-order valence-corrected chi connectivity index (χ4v) is 4.70. The Morgan fingerprint density at radius 3 is 2.54 bits per heavy atom. The van der Waals surface area contributed by atoms with Gasteiger partial charge >= 0.3 is 0 Å². The van der Waals surface area contributed by atoms with Gasteiger partial charge in [-0.15, -0.1) is 0 Å². The number of likely N-dealkylation sites (tertiary alicyclic amines) is 2. The molecule has 2 fully saturated rings. The predicted molar refractivity (Wildman–Crippen MR) is 109 cm³/mol. The van der Waals surface area contributed by atoms with Gasteiger partial charge < -0.3 is 4.90 Å². The Kier molecular flexibility index (Phi) is 5.49. The molecule has 0 atom stereocenters. The Morgan fingerprint density at radius 2 is 1.86 bits per heavy atom. The summed E-state index contributed by atoms with van der Waals surface area (Å²) in [6, 6.07) is 10.5. The van der Waals surface area contributed by atoms with E-state index >= 15 is 0 Å². The van der Waals surface area contributed by atoms with Crippen molar-refractivity contribution in [3.05, 3.63) is 47.5 Å². The Morgan fingerprint density at radius 1 is 1.11 bits per heavy atom. The van der Waals surface area contributed by atoms with Crippen LogP contribution in [0.1, 0.15) is 42.9 Å². The van der Waals surface area contributed by atoms with Crippen molar-refractivity contribution >= 4 is 5.91 Å². The second-order valence-corrected chi connectivity index (χ2v) is 8.53. The lowest BCUT2D eigenvalue weighted by atomic mass is 9.72. The van der Waals surface area contributed by atoms with Crippen LogP contribution < -0.4 is 0 Å². The van der Waals surface area contributed by atoms with Crippen molar-refractivity contribution in [3.63, 3.8) is 0 Å². The summed E-state index contributed by atoms with van der Waals surface area (Å²) in [4.78, 5) is 21.6. The number of hydrogen-bond acceptors (Lipinski definition) is 4. The van der Waals surface area contributed by atoms with Crippen LogP contribution in [-0.4, -0.2) is 56.7 Å². The average molecular weight is 382 g/mol. The molecule has 0 radical (unpaired) electrons. The molecule has 1 spiro atoms. The molecule has 0 bridgehead atoms. The Labute approximate surface area is 167 Å². The summed E-state index contributed by atoms with van der Waals surface area (Å²) in [5.41, 5.74) is 1.61. The maximum absolute atomic E-state index is 12.5. The number of aryl methyl sites for hydroxylation is 2. The van der Waals surface area contributed by atoms with Crippen molar-refractivity contribution in [3.8, 4) is 0 Å². The molecule has 2 aromatic rings. The molecule has 1 aromatic heterocycles. The largest absolute Gasteiger partial charge is 0.342 e. The minimum atomic E-state index is 0.302. The van der Waals surface area contributed by atoms with Gasteiger partial charge in [0.15, 0.2) is 0 Å². The van der Waals surface area contributed by atoms with Crippen molar-refractivity contribution < 1.29 is 4.79 Å². The van der Waals surface area contributed by atoms with Gasteiger partial charge in [0.1, 0.15) is 11.6 Å². The highest BCUT2D eigenvalue weighted by Crippen LogP contribution is 2.40. The molecule has 1 aromatic carbocycles. The quantitative estimate of drug-likeness (QED) is 0.799. The molecule has 28 heavy (non-hydrogen) atoms. The highest BCUT2D eigenvalue weighted by molar-refractivity contribution is 5.77. The molecule has 0 unspecified atom stereocenters. The predicted octanol–water partition coefficient (Wildman–Crippen LogP) is 2.57. The van der Waals surface area contributed by atoms with Crippen LogP contribution in [0.4, 0.5) is 0 Å². The maximum Gasteiger partial charge on any atom is 0.222 e. The molecular formula is C22H31N5O. The normalized spacial score (nSPS) is 20.1. The van der Waals surface area contributed by atoms with E-state index in [2.05, 4.69) is 44.1 Å². The van der Waals surface area contributed by atoms with Crippen molar-refractivity contribution in [2.24, 2.45) is 12.5 Å². The van der Waals surface area contributed by atoms with Crippen LogP contribution in [0, 0.1) is 12.3 Å². The number of aromatic nitrogens is 3. The number of amides is 1. The maximum atomic E-state index is 12.5. The van der Waals surface area contributed by atoms with E-state index in [1.54, 1.807) is 0 Å². The lowest BCUT2D eigenvalue weighted by Crippen LogP contribution is -2.51. The van der Waals surface area contributed by atoms with Crippen molar-refractivity contribution in [1.29, 1.82) is 0 Å². The second-order valence-electron chi connectivity index (χ2n) is 8.53. The molecule has 0 aliphatic carbocycles. The first-order valence-corrected chi connectivity index (χ1v) is 10.4. The first-order chi connectivity index (χ1) is 13.5. The van der Waals surface area contributed by atoms with Gasteiger partial charge in [-0.3, -0.25) is 14.4 Å². The molecule has 4 rings (SSSR count). The smallest absolute Gasteiger partial charge is 0.222 e. The molecule has 3 heterocycles. The summed E-state index contributed by atoms with van der Waals surface area (Å²) < 4.78 is 1.89. The van der Waals surface area contributed by atoms with E-state index in [4.69, 9.17) is 0 Å². The van der Waals surface area contributed by atoms with E-state index in [0.717, 1.165) is 57.2 Å². The van der Waals surface area contributed by atoms with Crippen molar-refractivity contribution in [1.82, 2.24) is 24.6 Å². The van der Waals surface area contributed by atoms with Gasteiger partial charge in [0.2, 0.25) is 5.91 Å². The summed E-state index contributed by atoms with van der Waals surface area (Å²) in [5.74, 6) is 2.21. The van der Waals surface area contributed by atoms with E-state index in [1.165, 1.54) is 18.4 Å². The number of nitrogens with zero attached hydrogens (tertiary/aromatic N) is 5. The molecule has 150 valence electrons. The van der Waals surface area contributed by atoms with Crippen LogP contribution in [0.3, 0.4) is 0 Å². The Balaban J connectivity index is 1.32. The number of benzene rings is 1. The van der Waals surface area contributed by atoms with Crippen LogP contribution in [0.5, 0.6) is 0 Å². The molecule has 2 aliphatic heterocycles. The zero-order chi connectivity index (χ0) is 19.6. The average Bonchev–Trinajstić information content (AvgIpc) is 3.02. The SMILES string of the molecule is Cc1nc(CN2CCC3(CCC(=O)N(CCc4ccccc4)C3)CC2)n(C)n1. The van der Waals surface area contributed by atoms with Crippen molar-refractivity contribution in [2.75, 3.05) is 26.2 Å². The monoisotopic (exact) mass is 381 g/mol. The van der Waals surface area contributed by atoms with Gasteiger partial charge in [-0.1, -0.05) is 30.3 Å². The molecule has 1 amide bonds. The second kappa shape index (κ2) is 8.03. The van der Waals surface area contributed by atoms with Crippen LogP contribution in [0.25, 0.3) is 0 Å². The van der Waals surface area contributed by atoms with Gasteiger partial charge in [0.25, 0.3) is 0 Å². The van der Waals surface area contributed by atoms with E-state index in [-0.39, 0.29) is 0 Å². The molecule has 2 saturated heterocycles. The van der Waals surface area contributed by atoms with Crippen LogP contribution in [-0.2, 0) is 24.8 Å². The molecule has 6 heteroatoms. The molecule has 6 nitrogen and oxygen atoms in total. The summed E-state index contributed by atoms with van der Waals surface area (Å²) in [5, 5.41) is 4.36. The summed E-state index contributed by atoms with van der Waals surface area (Å²) in [6.45, 7) is 6.73. The van der Waals surface area contributed by atoms with E-state index in [1.807, 2.05) is 24.7 Å². The first-order valence-electron chi connectivity index (χ1n) is 10.4. The number of piperidine rings is 2. The number of rotatable bonds is 5. The molecular weight excluding hydrogens is 350 g/mol. The molecule has 2 aliphatic rings. The third-order valence-electron chi connectivity index (χ3n) is 6.50. The van der Waals surface area contributed by atoms with Gasteiger partial charge in [-0.25, -0.2) is 4.98 Å². The standard InChI is InChI=1S/C22H31N5O/c1-18-23-20(25(2)24-18)16-26-14-11-22(12-15-26)10-8-21(28)27(17-22)13-9-19-6-4-3-5-7-19/h3-7H,8-17H2,1-2H3. The number of carbonyl (C=O) groups is 1. The lowest BCUT2D eigenvalue weighted by molar-refractivity contribution is -0.139. The van der Waals surface area contributed by atoms with E-state index in [0.29, 0.717) is 17.7 Å². The zero-order valence-corrected chi connectivity index (χ0v) is 17.1. The van der Waals surface area contributed by atoms with E-state index in [9.17, 15) is 4.79 Å². The van der Waals surface area contributed by atoms with Gasteiger partial charge in [-0.2, -0.15) is 5.10 Å². The fraction of sp³-hybridized carbons (Fsp3) is 0.591. The number of carbonyl (C=O) groups excluding carboxylic acids is 1.